The Hall–Kier alpha value is -1.91. The second kappa shape index (κ2) is 4.54. The average Bonchev–Trinajstić information content (AvgIpc) is 2.20. The molecule has 0 aromatic heterocycles. The first-order chi connectivity index (χ1) is 7.07. The van der Waals surface area contributed by atoms with Crippen LogP contribution in [0.3, 0.4) is 0 Å². The van der Waals surface area contributed by atoms with Crippen molar-refractivity contribution in [3.8, 4) is 5.75 Å². The van der Waals surface area contributed by atoms with Crippen LogP contribution in [0.4, 0.5) is 11.4 Å². The normalized spacial score (nSPS) is 9.93. The SMILES string of the molecule is CCCOc1ccc(C(=O)O)c(N)c1N. The molecule has 1 rings (SSSR count). The minimum atomic E-state index is -1.10. The molecule has 15 heavy (non-hydrogen) atoms. The summed E-state index contributed by atoms with van der Waals surface area (Å²) in [5, 5.41) is 8.78. The predicted octanol–water partition coefficient (Wildman–Crippen LogP) is 1.34. The fraction of sp³-hybridized carbons (Fsp3) is 0.300. The quantitative estimate of drug-likeness (QED) is 0.651. The molecule has 0 aliphatic heterocycles. The number of carboxylic acids is 1. The lowest BCUT2D eigenvalue weighted by Gasteiger charge is -2.11. The Balaban J connectivity index is 3.04. The molecule has 0 unspecified atom stereocenters. The molecule has 5 N–H and O–H groups in total. The highest BCUT2D eigenvalue weighted by Gasteiger charge is 2.13. The fourth-order valence-corrected chi connectivity index (χ4v) is 1.14. The Kier molecular flexibility index (Phi) is 3.38. The number of carbonyl (C=O) groups is 1. The minimum Gasteiger partial charge on any atom is -0.491 e. The molecule has 0 saturated heterocycles. The van der Waals surface area contributed by atoms with Crippen molar-refractivity contribution in [3.63, 3.8) is 0 Å². The molecule has 0 spiro atoms. The van der Waals surface area contributed by atoms with E-state index in [0.717, 1.165) is 6.42 Å². The van der Waals surface area contributed by atoms with Crippen molar-refractivity contribution < 1.29 is 14.6 Å². The Morgan fingerprint density at radius 1 is 1.40 bits per heavy atom. The van der Waals surface area contributed by atoms with Gasteiger partial charge in [-0.05, 0) is 18.6 Å². The van der Waals surface area contributed by atoms with Gasteiger partial charge >= 0.3 is 5.97 Å². The van der Waals surface area contributed by atoms with Crippen LogP contribution in [-0.2, 0) is 0 Å². The van der Waals surface area contributed by atoms with Crippen molar-refractivity contribution >= 4 is 17.3 Å². The zero-order valence-electron chi connectivity index (χ0n) is 8.49. The van der Waals surface area contributed by atoms with E-state index in [0.29, 0.717) is 12.4 Å². The third kappa shape index (κ3) is 2.31. The molecule has 0 bridgehead atoms. The zero-order valence-corrected chi connectivity index (χ0v) is 8.49. The highest BCUT2D eigenvalue weighted by atomic mass is 16.5. The summed E-state index contributed by atoms with van der Waals surface area (Å²) in [4.78, 5) is 10.7. The van der Waals surface area contributed by atoms with Gasteiger partial charge < -0.3 is 21.3 Å². The molecule has 1 aromatic rings. The molecule has 0 aliphatic rings. The van der Waals surface area contributed by atoms with Gasteiger partial charge in [0.25, 0.3) is 0 Å². The molecule has 82 valence electrons. The van der Waals surface area contributed by atoms with Crippen molar-refractivity contribution in [2.45, 2.75) is 13.3 Å². The Morgan fingerprint density at radius 2 is 2.07 bits per heavy atom. The first-order valence-corrected chi connectivity index (χ1v) is 4.62. The largest absolute Gasteiger partial charge is 0.491 e. The monoisotopic (exact) mass is 210 g/mol. The van der Waals surface area contributed by atoms with E-state index in [9.17, 15) is 4.79 Å². The summed E-state index contributed by atoms with van der Waals surface area (Å²) in [6.07, 6.45) is 0.847. The molecule has 0 amide bonds. The topological polar surface area (TPSA) is 98.6 Å². The Labute approximate surface area is 87.6 Å². The molecular formula is C10H14N2O3. The van der Waals surface area contributed by atoms with Crippen LogP contribution in [0.1, 0.15) is 23.7 Å². The van der Waals surface area contributed by atoms with Crippen molar-refractivity contribution in [2.75, 3.05) is 18.1 Å². The smallest absolute Gasteiger partial charge is 0.337 e. The molecule has 0 atom stereocenters. The third-order valence-corrected chi connectivity index (χ3v) is 1.94. The van der Waals surface area contributed by atoms with Crippen LogP contribution >= 0.6 is 0 Å². The van der Waals surface area contributed by atoms with Gasteiger partial charge in [0.15, 0.2) is 0 Å². The van der Waals surface area contributed by atoms with Crippen LogP contribution in [0.2, 0.25) is 0 Å². The van der Waals surface area contributed by atoms with E-state index in [4.69, 9.17) is 21.3 Å². The highest BCUT2D eigenvalue weighted by molar-refractivity contribution is 5.97. The summed E-state index contributed by atoms with van der Waals surface area (Å²) in [6.45, 7) is 2.49. The Morgan fingerprint density at radius 3 is 2.60 bits per heavy atom. The zero-order chi connectivity index (χ0) is 11.4. The van der Waals surface area contributed by atoms with Crippen molar-refractivity contribution in [3.05, 3.63) is 17.7 Å². The van der Waals surface area contributed by atoms with Crippen LogP contribution in [0.15, 0.2) is 12.1 Å². The van der Waals surface area contributed by atoms with Crippen LogP contribution in [-0.4, -0.2) is 17.7 Å². The number of anilines is 2. The molecule has 0 saturated carbocycles. The van der Waals surface area contributed by atoms with Gasteiger partial charge in [-0.15, -0.1) is 0 Å². The highest BCUT2D eigenvalue weighted by Crippen LogP contribution is 2.30. The van der Waals surface area contributed by atoms with Gasteiger partial charge in [0.2, 0.25) is 0 Å². The predicted molar refractivity (Wildman–Crippen MR) is 58.0 cm³/mol. The van der Waals surface area contributed by atoms with Gasteiger partial charge in [-0.1, -0.05) is 6.92 Å². The maximum absolute atomic E-state index is 10.7. The van der Waals surface area contributed by atoms with E-state index >= 15 is 0 Å². The van der Waals surface area contributed by atoms with Crippen molar-refractivity contribution in [2.24, 2.45) is 0 Å². The molecule has 0 fully saturated rings. The lowest BCUT2D eigenvalue weighted by molar-refractivity contribution is 0.0698. The van der Waals surface area contributed by atoms with E-state index in [2.05, 4.69) is 0 Å². The third-order valence-electron chi connectivity index (χ3n) is 1.94. The number of nitrogens with two attached hydrogens (primary N) is 2. The number of aromatic carboxylic acids is 1. The summed E-state index contributed by atoms with van der Waals surface area (Å²) >= 11 is 0. The lowest BCUT2D eigenvalue weighted by atomic mass is 10.1. The number of hydrogen-bond acceptors (Lipinski definition) is 4. The fourth-order valence-electron chi connectivity index (χ4n) is 1.14. The van der Waals surface area contributed by atoms with Crippen LogP contribution in [0.25, 0.3) is 0 Å². The average molecular weight is 210 g/mol. The maximum Gasteiger partial charge on any atom is 0.337 e. The second-order valence-electron chi connectivity index (χ2n) is 3.09. The number of carboxylic acid groups (broad SMARTS) is 1. The van der Waals surface area contributed by atoms with E-state index < -0.39 is 5.97 Å². The molecular weight excluding hydrogens is 196 g/mol. The first-order valence-electron chi connectivity index (χ1n) is 4.62. The van der Waals surface area contributed by atoms with Crippen LogP contribution in [0.5, 0.6) is 5.75 Å². The van der Waals surface area contributed by atoms with Gasteiger partial charge in [0, 0.05) is 0 Å². The molecule has 5 heteroatoms. The van der Waals surface area contributed by atoms with Gasteiger partial charge in [-0.25, -0.2) is 4.79 Å². The number of benzene rings is 1. The standard InChI is InChI=1S/C10H14N2O3/c1-2-5-15-7-4-3-6(10(13)14)8(11)9(7)12/h3-4H,2,5,11-12H2,1H3,(H,13,14). The summed E-state index contributed by atoms with van der Waals surface area (Å²) in [6, 6.07) is 2.91. The van der Waals surface area contributed by atoms with Crippen molar-refractivity contribution in [1.82, 2.24) is 0 Å². The maximum atomic E-state index is 10.7. The molecule has 0 aliphatic carbocycles. The number of nitrogen functional groups attached to an aromatic ring is 2. The van der Waals surface area contributed by atoms with Gasteiger partial charge in [-0.2, -0.15) is 0 Å². The van der Waals surface area contributed by atoms with Crippen LogP contribution < -0.4 is 16.2 Å². The summed E-state index contributed by atoms with van der Waals surface area (Å²) in [5.41, 5.74) is 11.5. The van der Waals surface area contributed by atoms with Gasteiger partial charge in [-0.3, -0.25) is 0 Å². The first kappa shape index (κ1) is 11.2. The molecule has 0 heterocycles. The Bertz CT molecular complexity index is 377. The van der Waals surface area contributed by atoms with E-state index in [1.807, 2.05) is 6.92 Å². The van der Waals surface area contributed by atoms with Gasteiger partial charge in [0.1, 0.15) is 5.75 Å². The molecule has 5 nitrogen and oxygen atoms in total. The van der Waals surface area contributed by atoms with E-state index in [1.165, 1.54) is 12.1 Å². The second-order valence-corrected chi connectivity index (χ2v) is 3.09. The van der Waals surface area contributed by atoms with Crippen LogP contribution in [0, 0.1) is 0 Å². The molecule has 1 aromatic carbocycles. The van der Waals surface area contributed by atoms with E-state index in [1.54, 1.807) is 0 Å². The van der Waals surface area contributed by atoms with Crippen molar-refractivity contribution in [1.29, 1.82) is 0 Å². The number of ether oxygens (including phenoxy) is 1. The van der Waals surface area contributed by atoms with E-state index in [-0.39, 0.29) is 16.9 Å². The molecule has 0 radical (unpaired) electrons. The lowest BCUT2D eigenvalue weighted by Crippen LogP contribution is -2.07. The summed E-state index contributed by atoms with van der Waals surface area (Å²) in [7, 11) is 0. The van der Waals surface area contributed by atoms with Gasteiger partial charge in [0.05, 0.1) is 23.5 Å². The number of rotatable bonds is 4. The number of hydrogen-bond donors (Lipinski definition) is 3. The summed E-state index contributed by atoms with van der Waals surface area (Å²) < 4.78 is 5.30. The summed E-state index contributed by atoms with van der Waals surface area (Å²) in [5.74, 6) is -0.666. The minimum absolute atomic E-state index is 0.00338.